The number of nitrogens with zero attached hydrogens (tertiary/aromatic N) is 2. The number of hydrogen-bond acceptors (Lipinski definition) is 4. The van der Waals surface area contributed by atoms with Crippen LogP contribution in [0.25, 0.3) is 10.9 Å². The second-order valence-corrected chi connectivity index (χ2v) is 4.34. The summed E-state index contributed by atoms with van der Waals surface area (Å²) in [5, 5.41) is 15.9. The zero-order valence-corrected chi connectivity index (χ0v) is 11.3. The van der Waals surface area contributed by atoms with E-state index in [0.717, 1.165) is 0 Å². The molecular weight excluding hydrogens is 258 g/mol. The maximum atomic E-state index is 12.3. The first-order valence-corrected chi connectivity index (χ1v) is 6.58. The molecule has 0 radical (unpaired) electrons. The van der Waals surface area contributed by atoms with Gasteiger partial charge in [0, 0.05) is 25.1 Å². The smallest absolute Gasteiger partial charge is 0.275 e. The van der Waals surface area contributed by atoms with Gasteiger partial charge in [-0.2, -0.15) is 5.10 Å². The van der Waals surface area contributed by atoms with Crippen molar-refractivity contribution in [1.82, 2.24) is 15.1 Å². The number of hydrogen-bond donors (Lipinski definition) is 2. The summed E-state index contributed by atoms with van der Waals surface area (Å²) in [5.74, 6) is -0.503. The number of carbonyl (C=O) groups excluding carboxylic acids is 1. The topological polar surface area (TPSA) is 84.2 Å². The van der Waals surface area contributed by atoms with Crippen LogP contribution in [0.4, 0.5) is 0 Å². The van der Waals surface area contributed by atoms with E-state index in [2.05, 4.69) is 10.4 Å². The normalized spacial score (nSPS) is 10.7. The van der Waals surface area contributed by atoms with Crippen LogP contribution in [0.2, 0.25) is 0 Å². The third-order valence-electron chi connectivity index (χ3n) is 3.00. The van der Waals surface area contributed by atoms with E-state index in [0.29, 0.717) is 30.4 Å². The molecule has 0 saturated carbocycles. The number of aryl methyl sites for hydroxylation is 1. The second kappa shape index (κ2) is 6.29. The van der Waals surface area contributed by atoms with Gasteiger partial charge in [0.2, 0.25) is 5.43 Å². The molecule has 0 aliphatic heterocycles. The van der Waals surface area contributed by atoms with Crippen LogP contribution < -0.4 is 10.7 Å². The van der Waals surface area contributed by atoms with Crippen LogP contribution in [0.3, 0.4) is 0 Å². The van der Waals surface area contributed by atoms with Gasteiger partial charge in [0.05, 0.1) is 5.52 Å². The number of amides is 1. The van der Waals surface area contributed by atoms with Gasteiger partial charge in [0.1, 0.15) is 0 Å². The molecule has 0 fully saturated rings. The van der Waals surface area contributed by atoms with Crippen molar-refractivity contribution in [2.75, 3.05) is 13.2 Å². The van der Waals surface area contributed by atoms with Gasteiger partial charge >= 0.3 is 0 Å². The second-order valence-electron chi connectivity index (χ2n) is 4.34. The first-order valence-electron chi connectivity index (χ1n) is 6.58. The van der Waals surface area contributed by atoms with Gasteiger partial charge in [-0.15, -0.1) is 0 Å². The van der Waals surface area contributed by atoms with E-state index in [-0.39, 0.29) is 17.7 Å². The molecule has 0 aliphatic carbocycles. The minimum Gasteiger partial charge on any atom is -0.396 e. The highest BCUT2D eigenvalue weighted by molar-refractivity contribution is 5.95. The van der Waals surface area contributed by atoms with Gasteiger partial charge in [0.15, 0.2) is 5.69 Å². The van der Waals surface area contributed by atoms with E-state index in [1.165, 1.54) is 0 Å². The fraction of sp³-hybridized carbons (Fsp3) is 0.357. The molecule has 2 aromatic rings. The Labute approximate surface area is 116 Å². The summed E-state index contributed by atoms with van der Waals surface area (Å²) in [6.45, 7) is 2.77. The lowest BCUT2D eigenvalue weighted by molar-refractivity contribution is 0.0943. The first-order chi connectivity index (χ1) is 9.69. The third-order valence-corrected chi connectivity index (χ3v) is 3.00. The predicted octanol–water partition coefficient (Wildman–Crippen LogP) is 0.529. The molecule has 6 heteroatoms. The Morgan fingerprint density at radius 1 is 1.40 bits per heavy atom. The van der Waals surface area contributed by atoms with E-state index in [1.807, 2.05) is 13.0 Å². The molecule has 2 rings (SSSR count). The third kappa shape index (κ3) is 2.70. The molecule has 0 aliphatic rings. The first kappa shape index (κ1) is 14.2. The molecule has 20 heavy (non-hydrogen) atoms. The number of aromatic nitrogens is 2. The number of aliphatic hydroxyl groups excluding tert-OH is 1. The van der Waals surface area contributed by atoms with Gasteiger partial charge in [0.25, 0.3) is 5.91 Å². The molecule has 1 aromatic heterocycles. The molecule has 0 atom stereocenters. The van der Waals surface area contributed by atoms with Crippen LogP contribution in [0.15, 0.2) is 29.1 Å². The van der Waals surface area contributed by atoms with E-state index in [1.54, 1.807) is 22.9 Å². The number of rotatable bonds is 5. The summed E-state index contributed by atoms with van der Waals surface area (Å²) in [6.07, 6.45) is 0.446. The summed E-state index contributed by atoms with van der Waals surface area (Å²) >= 11 is 0. The summed E-state index contributed by atoms with van der Waals surface area (Å²) in [4.78, 5) is 24.3. The zero-order valence-electron chi connectivity index (χ0n) is 11.3. The van der Waals surface area contributed by atoms with Crippen LogP contribution >= 0.6 is 0 Å². The number of benzene rings is 1. The average molecular weight is 275 g/mol. The van der Waals surface area contributed by atoms with Gasteiger partial charge in [-0.1, -0.05) is 12.1 Å². The molecular formula is C14H17N3O3. The van der Waals surface area contributed by atoms with Crippen molar-refractivity contribution in [2.24, 2.45) is 0 Å². The minimum atomic E-state index is -0.503. The standard InChI is InChI=1S/C14H17N3O3/c1-2-17-11-7-4-3-6-10(11)13(19)12(16-17)14(20)15-8-5-9-18/h3-4,6-7,18H,2,5,8-9H2,1H3,(H,15,20). The van der Waals surface area contributed by atoms with Crippen molar-refractivity contribution in [1.29, 1.82) is 0 Å². The number of fused-ring (bicyclic) bond motifs is 1. The lowest BCUT2D eigenvalue weighted by Gasteiger charge is -2.10. The van der Waals surface area contributed by atoms with E-state index < -0.39 is 5.91 Å². The molecule has 0 saturated heterocycles. The number of para-hydroxylation sites is 1. The molecule has 0 spiro atoms. The van der Waals surface area contributed by atoms with Crippen LogP contribution in [-0.2, 0) is 6.54 Å². The minimum absolute atomic E-state index is 0.00930. The molecule has 1 aromatic carbocycles. The highest BCUT2D eigenvalue weighted by atomic mass is 16.3. The van der Waals surface area contributed by atoms with Crippen molar-refractivity contribution in [3.05, 3.63) is 40.2 Å². The fourth-order valence-electron chi connectivity index (χ4n) is 1.99. The lowest BCUT2D eigenvalue weighted by atomic mass is 10.2. The summed E-state index contributed by atoms with van der Waals surface area (Å²) in [6, 6.07) is 7.09. The van der Waals surface area contributed by atoms with Crippen molar-refractivity contribution >= 4 is 16.8 Å². The number of carbonyl (C=O) groups is 1. The molecule has 2 N–H and O–H groups in total. The van der Waals surface area contributed by atoms with Crippen molar-refractivity contribution in [3.63, 3.8) is 0 Å². The molecule has 1 amide bonds. The largest absolute Gasteiger partial charge is 0.396 e. The van der Waals surface area contributed by atoms with Gasteiger partial charge in [-0.05, 0) is 25.5 Å². The monoisotopic (exact) mass is 275 g/mol. The van der Waals surface area contributed by atoms with Crippen molar-refractivity contribution in [3.8, 4) is 0 Å². The Hall–Kier alpha value is -2.21. The maximum absolute atomic E-state index is 12.3. The van der Waals surface area contributed by atoms with Crippen LogP contribution in [0, 0.1) is 0 Å². The Bertz CT molecular complexity index is 679. The van der Waals surface area contributed by atoms with Gasteiger partial charge in [-0.25, -0.2) is 0 Å². The van der Waals surface area contributed by atoms with Gasteiger partial charge in [-0.3, -0.25) is 14.3 Å². The van der Waals surface area contributed by atoms with Crippen LogP contribution in [0.1, 0.15) is 23.8 Å². The molecule has 0 unspecified atom stereocenters. The van der Waals surface area contributed by atoms with E-state index in [4.69, 9.17) is 5.11 Å². The van der Waals surface area contributed by atoms with E-state index >= 15 is 0 Å². The molecule has 0 bridgehead atoms. The van der Waals surface area contributed by atoms with Crippen LogP contribution in [0.5, 0.6) is 0 Å². The fourth-order valence-corrected chi connectivity index (χ4v) is 1.99. The lowest BCUT2D eigenvalue weighted by Crippen LogP contribution is -2.32. The Morgan fingerprint density at radius 2 is 2.15 bits per heavy atom. The Balaban J connectivity index is 2.46. The summed E-state index contributed by atoms with van der Waals surface area (Å²) < 4.78 is 1.64. The SMILES string of the molecule is CCn1nc(C(=O)NCCCO)c(=O)c2ccccc21. The summed E-state index contributed by atoms with van der Waals surface area (Å²) in [5.41, 5.74) is 0.238. The number of aliphatic hydroxyl groups is 1. The highest BCUT2D eigenvalue weighted by Crippen LogP contribution is 2.09. The molecule has 106 valence electrons. The summed E-state index contributed by atoms with van der Waals surface area (Å²) in [7, 11) is 0. The van der Waals surface area contributed by atoms with Crippen molar-refractivity contribution in [2.45, 2.75) is 19.9 Å². The molecule has 6 nitrogen and oxygen atoms in total. The predicted molar refractivity (Wildman–Crippen MR) is 75.7 cm³/mol. The molecule has 1 heterocycles. The average Bonchev–Trinajstić information content (AvgIpc) is 2.48. The highest BCUT2D eigenvalue weighted by Gasteiger charge is 2.16. The number of nitrogens with one attached hydrogen (secondary N) is 1. The Morgan fingerprint density at radius 3 is 2.85 bits per heavy atom. The van der Waals surface area contributed by atoms with Crippen molar-refractivity contribution < 1.29 is 9.90 Å². The zero-order chi connectivity index (χ0) is 14.5. The van der Waals surface area contributed by atoms with Gasteiger partial charge < -0.3 is 10.4 Å². The van der Waals surface area contributed by atoms with E-state index in [9.17, 15) is 9.59 Å². The maximum Gasteiger partial charge on any atom is 0.275 e. The quantitative estimate of drug-likeness (QED) is 0.780. The Kier molecular flexibility index (Phi) is 4.47. The van der Waals surface area contributed by atoms with Crippen LogP contribution in [-0.4, -0.2) is 33.9 Å².